The molecular weight excluding hydrogens is 384 g/mol. The molecule has 3 heterocycles. The smallest absolute Gasteiger partial charge is 0.191 e. The summed E-state index contributed by atoms with van der Waals surface area (Å²) in [5, 5.41) is 7.48. The summed E-state index contributed by atoms with van der Waals surface area (Å²) >= 11 is 0. The molecule has 0 amide bonds. The summed E-state index contributed by atoms with van der Waals surface area (Å²) in [5.74, 6) is 0.980. The van der Waals surface area contributed by atoms with Crippen molar-refractivity contribution < 1.29 is 0 Å². The van der Waals surface area contributed by atoms with Crippen molar-refractivity contribution in [3.8, 4) is 0 Å². The van der Waals surface area contributed by atoms with Crippen molar-refractivity contribution in [3.05, 3.63) is 30.3 Å². The van der Waals surface area contributed by atoms with Gasteiger partial charge in [-0.1, -0.05) is 24.6 Å². The molecule has 3 fully saturated rings. The van der Waals surface area contributed by atoms with Gasteiger partial charge in [0.25, 0.3) is 0 Å². The van der Waals surface area contributed by atoms with Crippen LogP contribution < -0.4 is 15.5 Å². The topological polar surface area (TPSA) is 46.1 Å². The Morgan fingerprint density at radius 2 is 1.65 bits per heavy atom. The van der Waals surface area contributed by atoms with Gasteiger partial charge in [0, 0.05) is 44.0 Å². The summed E-state index contributed by atoms with van der Waals surface area (Å²) in [6.45, 7) is 8.11. The summed E-state index contributed by atoms with van der Waals surface area (Å²) in [6.07, 6.45) is 8.90. The summed E-state index contributed by atoms with van der Waals surface area (Å²) in [4.78, 5) is 12.4. The Balaban J connectivity index is 1.30. The maximum Gasteiger partial charge on any atom is 0.191 e. The standard InChI is InChI=1S/C25H42N6/c1-26-24(28-22-11-17-30(18-12-22)23-9-5-3-6-10-23)27-21-25(13-19-29(2)20-14-25)31-15-7-4-8-16-31/h3,5-6,9-10,22H,4,7-8,11-21H2,1-2H3,(H2,26,27,28). The van der Waals surface area contributed by atoms with E-state index in [1.54, 1.807) is 0 Å². The van der Waals surface area contributed by atoms with Crippen molar-refractivity contribution >= 4 is 11.6 Å². The lowest BCUT2D eigenvalue weighted by atomic mass is 9.84. The van der Waals surface area contributed by atoms with E-state index in [-0.39, 0.29) is 5.54 Å². The number of nitrogens with zero attached hydrogens (tertiary/aromatic N) is 4. The normalized spacial score (nSPS) is 24.2. The lowest BCUT2D eigenvalue weighted by molar-refractivity contribution is 0.0173. The zero-order valence-electron chi connectivity index (χ0n) is 19.7. The molecular formula is C25H42N6. The molecule has 0 aromatic heterocycles. The predicted molar refractivity (Wildman–Crippen MR) is 131 cm³/mol. The van der Waals surface area contributed by atoms with Crippen molar-refractivity contribution in [2.24, 2.45) is 4.99 Å². The van der Waals surface area contributed by atoms with Crippen molar-refractivity contribution in [1.82, 2.24) is 20.4 Å². The molecule has 6 heteroatoms. The number of hydrogen-bond acceptors (Lipinski definition) is 4. The van der Waals surface area contributed by atoms with E-state index >= 15 is 0 Å². The zero-order valence-corrected chi connectivity index (χ0v) is 19.7. The van der Waals surface area contributed by atoms with Crippen LogP contribution >= 0.6 is 0 Å². The number of anilines is 1. The highest BCUT2D eigenvalue weighted by Crippen LogP contribution is 2.31. The van der Waals surface area contributed by atoms with Crippen LogP contribution in [0.3, 0.4) is 0 Å². The van der Waals surface area contributed by atoms with Crippen LogP contribution in [0.25, 0.3) is 0 Å². The van der Waals surface area contributed by atoms with Gasteiger partial charge in [-0.05, 0) is 83.9 Å². The number of rotatable bonds is 5. The van der Waals surface area contributed by atoms with Crippen LogP contribution in [0.1, 0.15) is 44.9 Å². The van der Waals surface area contributed by atoms with Crippen LogP contribution in [0.2, 0.25) is 0 Å². The van der Waals surface area contributed by atoms with E-state index in [0.717, 1.165) is 38.4 Å². The first-order chi connectivity index (χ1) is 15.2. The highest BCUT2D eigenvalue weighted by Gasteiger charge is 2.39. The SMILES string of the molecule is CN=C(NCC1(N2CCCCC2)CCN(C)CC1)NC1CCN(c2ccccc2)CC1. The third kappa shape index (κ3) is 5.72. The Kier molecular flexibility index (Phi) is 7.72. The fourth-order valence-corrected chi connectivity index (χ4v) is 5.56. The minimum atomic E-state index is 0.279. The lowest BCUT2D eigenvalue weighted by Crippen LogP contribution is -2.62. The molecule has 0 atom stereocenters. The van der Waals surface area contributed by atoms with Gasteiger partial charge in [-0.3, -0.25) is 9.89 Å². The predicted octanol–water partition coefficient (Wildman–Crippen LogP) is 2.77. The minimum absolute atomic E-state index is 0.279. The molecule has 3 aliphatic heterocycles. The molecule has 172 valence electrons. The number of likely N-dealkylation sites (tertiary alicyclic amines) is 2. The molecule has 3 saturated heterocycles. The maximum absolute atomic E-state index is 4.59. The fourth-order valence-electron chi connectivity index (χ4n) is 5.56. The molecule has 3 aliphatic rings. The van der Waals surface area contributed by atoms with E-state index in [1.807, 2.05) is 7.05 Å². The number of hydrogen-bond donors (Lipinski definition) is 2. The van der Waals surface area contributed by atoms with E-state index in [4.69, 9.17) is 0 Å². The van der Waals surface area contributed by atoms with Crippen LogP contribution in [0.4, 0.5) is 5.69 Å². The zero-order chi connectivity index (χ0) is 21.5. The molecule has 6 nitrogen and oxygen atoms in total. The summed E-state index contributed by atoms with van der Waals surface area (Å²) in [7, 11) is 4.17. The number of nitrogens with one attached hydrogen (secondary N) is 2. The highest BCUT2D eigenvalue weighted by atomic mass is 15.3. The third-order valence-corrected chi connectivity index (χ3v) is 7.71. The lowest BCUT2D eigenvalue weighted by Gasteiger charge is -2.50. The largest absolute Gasteiger partial charge is 0.371 e. The Morgan fingerprint density at radius 3 is 2.29 bits per heavy atom. The molecule has 1 aromatic rings. The van der Waals surface area contributed by atoms with E-state index in [2.05, 4.69) is 67.7 Å². The number of aliphatic imine (C=N–C) groups is 1. The van der Waals surface area contributed by atoms with E-state index < -0.39 is 0 Å². The quantitative estimate of drug-likeness (QED) is 0.560. The molecule has 0 unspecified atom stereocenters. The first kappa shape index (κ1) is 22.4. The Morgan fingerprint density at radius 1 is 0.968 bits per heavy atom. The number of guanidine groups is 1. The van der Waals surface area contributed by atoms with Gasteiger partial charge in [-0.25, -0.2) is 0 Å². The van der Waals surface area contributed by atoms with Gasteiger partial charge in [-0.2, -0.15) is 0 Å². The van der Waals surface area contributed by atoms with Crippen molar-refractivity contribution in [2.75, 3.05) is 64.8 Å². The van der Waals surface area contributed by atoms with Crippen LogP contribution in [-0.2, 0) is 0 Å². The second-order valence-corrected chi connectivity index (χ2v) is 9.74. The summed E-state index contributed by atoms with van der Waals surface area (Å²) in [6, 6.07) is 11.3. The van der Waals surface area contributed by atoms with E-state index in [0.29, 0.717) is 6.04 Å². The van der Waals surface area contributed by atoms with E-state index in [1.165, 1.54) is 64.0 Å². The van der Waals surface area contributed by atoms with Gasteiger partial charge in [0.1, 0.15) is 0 Å². The Bertz CT molecular complexity index is 683. The molecule has 2 N–H and O–H groups in total. The van der Waals surface area contributed by atoms with Crippen LogP contribution in [0.5, 0.6) is 0 Å². The molecule has 1 aromatic carbocycles. The molecule has 0 spiro atoms. The Labute approximate surface area is 189 Å². The average molecular weight is 427 g/mol. The Hall–Kier alpha value is -1.79. The number of piperidine rings is 3. The monoisotopic (exact) mass is 426 g/mol. The second kappa shape index (κ2) is 10.7. The minimum Gasteiger partial charge on any atom is -0.371 e. The molecule has 0 saturated carbocycles. The molecule has 31 heavy (non-hydrogen) atoms. The van der Waals surface area contributed by atoms with Crippen molar-refractivity contribution in [3.63, 3.8) is 0 Å². The average Bonchev–Trinajstić information content (AvgIpc) is 2.84. The second-order valence-electron chi connectivity index (χ2n) is 9.74. The molecule has 0 radical (unpaired) electrons. The molecule has 0 bridgehead atoms. The summed E-state index contributed by atoms with van der Waals surface area (Å²) < 4.78 is 0. The van der Waals surface area contributed by atoms with Crippen LogP contribution in [-0.4, -0.2) is 87.2 Å². The summed E-state index contributed by atoms with van der Waals surface area (Å²) in [5.41, 5.74) is 1.62. The first-order valence-electron chi connectivity index (χ1n) is 12.4. The van der Waals surface area contributed by atoms with Crippen molar-refractivity contribution in [2.45, 2.75) is 56.5 Å². The third-order valence-electron chi connectivity index (χ3n) is 7.71. The van der Waals surface area contributed by atoms with Gasteiger partial charge in [0.05, 0.1) is 0 Å². The van der Waals surface area contributed by atoms with Crippen LogP contribution in [0, 0.1) is 0 Å². The van der Waals surface area contributed by atoms with Gasteiger partial charge in [-0.15, -0.1) is 0 Å². The van der Waals surface area contributed by atoms with E-state index in [9.17, 15) is 0 Å². The van der Waals surface area contributed by atoms with Gasteiger partial charge < -0.3 is 20.4 Å². The molecule has 0 aliphatic carbocycles. The maximum atomic E-state index is 4.59. The first-order valence-corrected chi connectivity index (χ1v) is 12.4. The van der Waals surface area contributed by atoms with Gasteiger partial charge >= 0.3 is 0 Å². The number of para-hydroxylation sites is 1. The molecule has 4 rings (SSSR count). The van der Waals surface area contributed by atoms with Gasteiger partial charge in [0.2, 0.25) is 0 Å². The van der Waals surface area contributed by atoms with Crippen molar-refractivity contribution in [1.29, 1.82) is 0 Å². The van der Waals surface area contributed by atoms with Gasteiger partial charge in [0.15, 0.2) is 5.96 Å². The highest BCUT2D eigenvalue weighted by molar-refractivity contribution is 5.80. The fraction of sp³-hybridized carbons (Fsp3) is 0.720. The number of benzene rings is 1. The van der Waals surface area contributed by atoms with Crippen LogP contribution in [0.15, 0.2) is 35.3 Å².